The van der Waals surface area contributed by atoms with Crippen LogP contribution < -0.4 is 11.1 Å². The molecule has 1 fully saturated rings. The molecule has 0 amide bonds. The first kappa shape index (κ1) is 16.7. The number of carbonyl (C=O) groups is 1. The summed E-state index contributed by atoms with van der Waals surface area (Å²) in [4.78, 5) is 14.0. The Balaban J connectivity index is 2.19. The molecule has 3 N–H and O–H groups in total. The Morgan fingerprint density at radius 2 is 2.14 bits per heavy atom. The van der Waals surface area contributed by atoms with E-state index in [2.05, 4.69) is 12.2 Å². The summed E-state index contributed by atoms with van der Waals surface area (Å²) in [5.41, 5.74) is 7.32. The van der Waals surface area contributed by atoms with Crippen LogP contribution in [0, 0.1) is 11.3 Å². The van der Waals surface area contributed by atoms with E-state index >= 15 is 0 Å². The quantitative estimate of drug-likeness (QED) is 0.553. The number of hydrogen-bond donors (Lipinski definition) is 2. The first-order valence-corrected chi connectivity index (χ1v) is 9.72. The third-order valence-electron chi connectivity index (χ3n) is 4.64. The first-order chi connectivity index (χ1) is 9.94. The number of ketones is 1. The van der Waals surface area contributed by atoms with Gasteiger partial charge in [0.1, 0.15) is 5.00 Å². The number of anilines is 2. The van der Waals surface area contributed by atoms with Gasteiger partial charge in [0.2, 0.25) is 0 Å². The fourth-order valence-corrected chi connectivity index (χ4v) is 4.91. The van der Waals surface area contributed by atoms with Gasteiger partial charge in [0.25, 0.3) is 0 Å². The fourth-order valence-electron chi connectivity index (χ4n) is 2.79. The number of rotatable bonds is 7. The van der Waals surface area contributed by atoms with E-state index in [1.165, 1.54) is 37.0 Å². The molecule has 0 spiro atoms. The van der Waals surface area contributed by atoms with Gasteiger partial charge in [0, 0.05) is 12.5 Å². The second kappa shape index (κ2) is 6.61. The third-order valence-corrected chi connectivity index (χ3v) is 6.78. The van der Waals surface area contributed by atoms with E-state index in [1.54, 1.807) is 11.8 Å². The summed E-state index contributed by atoms with van der Waals surface area (Å²) in [7, 11) is 0. The van der Waals surface area contributed by atoms with Crippen molar-refractivity contribution in [1.29, 1.82) is 0 Å². The molecule has 118 valence electrons. The molecule has 0 bridgehead atoms. The first-order valence-electron chi connectivity index (χ1n) is 7.68. The van der Waals surface area contributed by atoms with Crippen LogP contribution in [0.3, 0.4) is 0 Å². The second-order valence-corrected chi connectivity index (χ2v) is 8.12. The maximum atomic E-state index is 12.3. The van der Waals surface area contributed by atoms with Gasteiger partial charge in [0.05, 0.1) is 15.5 Å². The van der Waals surface area contributed by atoms with Crippen LogP contribution in [0.2, 0.25) is 0 Å². The van der Waals surface area contributed by atoms with Crippen molar-refractivity contribution >= 4 is 39.6 Å². The lowest BCUT2D eigenvalue weighted by molar-refractivity contribution is 0.0944. The molecule has 0 aliphatic heterocycles. The normalized spacial score (nSPS) is 16.8. The van der Waals surface area contributed by atoms with Gasteiger partial charge in [-0.1, -0.05) is 27.2 Å². The zero-order chi connectivity index (χ0) is 15.6. The minimum Gasteiger partial charge on any atom is -0.396 e. The maximum absolute atomic E-state index is 12.3. The van der Waals surface area contributed by atoms with Crippen LogP contribution in [0.25, 0.3) is 0 Å². The third kappa shape index (κ3) is 3.24. The number of nitrogens with one attached hydrogen (secondary N) is 1. The van der Waals surface area contributed by atoms with E-state index in [0.29, 0.717) is 11.1 Å². The molecule has 1 aromatic rings. The van der Waals surface area contributed by atoms with E-state index in [-0.39, 0.29) is 11.7 Å². The Hall–Kier alpha value is -0.680. The average Bonchev–Trinajstić information content (AvgIpc) is 2.73. The van der Waals surface area contributed by atoms with E-state index in [1.807, 2.05) is 20.1 Å². The summed E-state index contributed by atoms with van der Waals surface area (Å²) in [6, 6.07) is 0. The molecule has 1 heterocycles. The van der Waals surface area contributed by atoms with Crippen molar-refractivity contribution < 1.29 is 4.79 Å². The predicted octanol–water partition coefficient (Wildman–Crippen LogP) is 4.88. The monoisotopic (exact) mass is 326 g/mol. The molecule has 0 atom stereocenters. The van der Waals surface area contributed by atoms with Crippen molar-refractivity contribution in [2.45, 2.75) is 51.3 Å². The topological polar surface area (TPSA) is 55.1 Å². The zero-order valence-electron chi connectivity index (χ0n) is 13.4. The summed E-state index contributed by atoms with van der Waals surface area (Å²) < 4.78 is 0. The molecule has 0 aromatic carbocycles. The van der Waals surface area contributed by atoms with E-state index in [0.717, 1.165) is 21.3 Å². The minimum atomic E-state index is -0.0119. The summed E-state index contributed by atoms with van der Waals surface area (Å²) in [6.07, 6.45) is 7.20. The Morgan fingerprint density at radius 3 is 2.57 bits per heavy atom. The Labute approximate surface area is 136 Å². The van der Waals surface area contributed by atoms with Gasteiger partial charge in [-0.3, -0.25) is 4.79 Å². The van der Waals surface area contributed by atoms with Crippen LogP contribution in [0.5, 0.6) is 0 Å². The smallest absolute Gasteiger partial charge is 0.177 e. The molecular formula is C16H26N2OS2. The highest BCUT2D eigenvalue weighted by Crippen LogP contribution is 2.46. The highest BCUT2D eigenvalue weighted by molar-refractivity contribution is 7.99. The number of nitrogen functional groups attached to an aromatic ring is 1. The van der Waals surface area contributed by atoms with Crippen LogP contribution in [-0.4, -0.2) is 18.6 Å². The van der Waals surface area contributed by atoms with E-state index < -0.39 is 0 Å². The van der Waals surface area contributed by atoms with E-state index in [4.69, 9.17) is 5.73 Å². The molecular weight excluding hydrogens is 300 g/mol. The maximum Gasteiger partial charge on any atom is 0.177 e. The largest absolute Gasteiger partial charge is 0.396 e. The van der Waals surface area contributed by atoms with Gasteiger partial charge in [-0.25, -0.2) is 0 Å². The van der Waals surface area contributed by atoms with Crippen molar-refractivity contribution in [3.05, 3.63) is 4.88 Å². The highest BCUT2D eigenvalue weighted by atomic mass is 32.2. The Bertz CT molecular complexity index is 513. The van der Waals surface area contributed by atoms with Crippen LogP contribution in [0.15, 0.2) is 4.90 Å². The number of thiophene rings is 1. The number of Topliss-reactive ketones (excluding diaryl/α,β-unsaturated/α-hetero) is 1. The molecule has 0 saturated heterocycles. The number of thioether (sulfide) groups is 1. The molecule has 21 heavy (non-hydrogen) atoms. The van der Waals surface area contributed by atoms with Crippen molar-refractivity contribution in [2.75, 3.05) is 23.9 Å². The van der Waals surface area contributed by atoms with Crippen molar-refractivity contribution in [1.82, 2.24) is 0 Å². The van der Waals surface area contributed by atoms with Gasteiger partial charge in [-0.05, 0) is 30.9 Å². The Morgan fingerprint density at radius 1 is 1.48 bits per heavy atom. The predicted molar refractivity (Wildman–Crippen MR) is 94.7 cm³/mol. The molecule has 1 aromatic heterocycles. The van der Waals surface area contributed by atoms with Gasteiger partial charge < -0.3 is 11.1 Å². The summed E-state index contributed by atoms with van der Waals surface area (Å²) >= 11 is 3.15. The van der Waals surface area contributed by atoms with Crippen LogP contribution in [0.1, 0.15) is 56.1 Å². The highest BCUT2D eigenvalue weighted by Gasteiger charge is 2.35. The van der Waals surface area contributed by atoms with E-state index in [9.17, 15) is 4.79 Å². The SMILES string of the molecule is CCC1(CNc2sc(C(=O)C(C)C)c(N)c2SC)CCC1. The number of carbonyl (C=O) groups excluding carboxylic acids is 1. The summed E-state index contributed by atoms with van der Waals surface area (Å²) in [6.45, 7) is 7.11. The molecule has 2 rings (SSSR count). The number of nitrogens with two attached hydrogens (primary N) is 1. The minimum absolute atomic E-state index is 0.0119. The van der Waals surface area contributed by atoms with Crippen molar-refractivity contribution in [3.63, 3.8) is 0 Å². The average molecular weight is 327 g/mol. The second-order valence-electron chi connectivity index (χ2n) is 6.29. The molecule has 5 heteroatoms. The molecule has 3 nitrogen and oxygen atoms in total. The van der Waals surface area contributed by atoms with Crippen molar-refractivity contribution in [2.24, 2.45) is 11.3 Å². The summed E-state index contributed by atoms with van der Waals surface area (Å²) in [5, 5.41) is 4.65. The van der Waals surface area contributed by atoms with Gasteiger partial charge in [-0.15, -0.1) is 23.1 Å². The fraction of sp³-hybridized carbons (Fsp3) is 0.688. The molecule has 1 aliphatic rings. The molecule has 1 aliphatic carbocycles. The molecule has 0 radical (unpaired) electrons. The van der Waals surface area contributed by atoms with Crippen molar-refractivity contribution in [3.8, 4) is 0 Å². The lowest BCUT2D eigenvalue weighted by atomic mass is 9.67. The Kier molecular flexibility index (Phi) is 5.25. The lowest BCUT2D eigenvalue weighted by Crippen LogP contribution is -2.35. The zero-order valence-corrected chi connectivity index (χ0v) is 15.0. The number of hydrogen-bond acceptors (Lipinski definition) is 5. The standard InChI is InChI=1S/C16H26N2OS2/c1-5-16(7-6-8-16)9-18-15-14(20-4)11(17)13(21-15)12(19)10(2)3/h10,18H,5-9,17H2,1-4H3. The van der Waals surface area contributed by atoms with Gasteiger partial charge >= 0.3 is 0 Å². The summed E-state index contributed by atoms with van der Waals surface area (Å²) in [5.74, 6) is 0.136. The molecule has 1 saturated carbocycles. The van der Waals surface area contributed by atoms with Gasteiger partial charge in [0.15, 0.2) is 5.78 Å². The van der Waals surface area contributed by atoms with Gasteiger partial charge in [-0.2, -0.15) is 0 Å². The van der Waals surface area contributed by atoms with Crippen LogP contribution in [0.4, 0.5) is 10.7 Å². The van der Waals surface area contributed by atoms with Crippen LogP contribution >= 0.6 is 23.1 Å². The lowest BCUT2D eigenvalue weighted by Gasteiger charge is -2.41. The molecule has 0 unspecified atom stereocenters. The van der Waals surface area contributed by atoms with Crippen LogP contribution in [-0.2, 0) is 0 Å².